The molecule has 0 bridgehead atoms. The maximum atomic E-state index is 14.0. The van der Waals surface area contributed by atoms with E-state index in [0.717, 1.165) is 66.0 Å². The van der Waals surface area contributed by atoms with E-state index in [2.05, 4.69) is 16.8 Å². The maximum Gasteiger partial charge on any atom is 0.268 e. The third kappa shape index (κ3) is 4.10. The number of likely N-dealkylation sites (N-methyl/N-ethyl adjacent to an activating group) is 1. The lowest BCUT2D eigenvalue weighted by Gasteiger charge is -2.32. The van der Waals surface area contributed by atoms with Gasteiger partial charge in [0.1, 0.15) is 0 Å². The van der Waals surface area contributed by atoms with Crippen molar-refractivity contribution in [2.24, 2.45) is 0 Å². The van der Waals surface area contributed by atoms with Crippen LogP contribution in [0.25, 0.3) is 22.2 Å². The summed E-state index contributed by atoms with van der Waals surface area (Å²) >= 11 is 0. The zero-order valence-electron chi connectivity index (χ0n) is 19.1. The second kappa shape index (κ2) is 8.78. The van der Waals surface area contributed by atoms with Crippen LogP contribution >= 0.6 is 0 Å². The molecule has 4 aromatic rings. The molecule has 170 valence electrons. The Morgan fingerprint density at radius 2 is 1.42 bits per heavy atom. The van der Waals surface area contributed by atoms with Crippen molar-refractivity contribution in [2.45, 2.75) is 18.4 Å². The molecule has 1 aromatic heterocycles. The highest BCUT2D eigenvalue weighted by atomic mass is 32.2. The van der Waals surface area contributed by atoms with Crippen LogP contribution in [0, 0.1) is 6.92 Å². The summed E-state index contributed by atoms with van der Waals surface area (Å²) < 4.78 is 29.7. The van der Waals surface area contributed by atoms with Crippen LogP contribution in [0.5, 0.6) is 0 Å². The molecule has 1 fully saturated rings. The van der Waals surface area contributed by atoms with E-state index in [0.29, 0.717) is 4.90 Å². The van der Waals surface area contributed by atoms with Crippen molar-refractivity contribution in [1.82, 2.24) is 13.8 Å². The van der Waals surface area contributed by atoms with E-state index in [4.69, 9.17) is 0 Å². The zero-order valence-corrected chi connectivity index (χ0v) is 19.9. The van der Waals surface area contributed by atoms with Gasteiger partial charge in [-0.1, -0.05) is 66.2 Å². The minimum absolute atomic E-state index is 0.303. The van der Waals surface area contributed by atoms with Gasteiger partial charge in [0.2, 0.25) is 0 Å². The standard InChI is InChI=1S/C27H29N3O2S/c1-21-12-14-23(15-13-21)33(31,32)30-26-11-7-6-10-24(26)25(20-29-18-16-28(2)17-19-29)27(30)22-8-4-3-5-9-22/h3-15H,16-20H2,1-2H3. The maximum absolute atomic E-state index is 14.0. The second-order valence-corrected chi connectivity index (χ2v) is 10.7. The Bertz CT molecular complexity index is 1370. The second-order valence-electron chi connectivity index (χ2n) is 8.87. The summed E-state index contributed by atoms with van der Waals surface area (Å²) in [6.07, 6.45) is 0. The number of hydrogen-bond donors (Lipinski definition) is 0. The fourth-order valence-corrected chi connectivity index (χ4v) is 6.18. The van der Waals surface area contributed by atoms with Gasteiger partial charge < -0.3 is 4.90 Å². The van der Waals surface area contributed by atoms with Gasteiger partial charge in [-0.3, -0.25) is 4.90 Å². The van der Waals surface area contributed by atoms with Crippen LogP contribution in [0.3, 0.4) is 0 Å². The average Bonchev–Trinajstić information content (AvgIpc) is 3.16. The van der Waals surface area contributed by atoms with Crippen molar-refractivity contribution in [3.05, 3.63) is 90.0 Å². The number of piperazine rings is 1. The van der Waals surface area contributed by atoms with Crippen molar-refractivity contribution < 1.29 is 8.42 Å². The third-order valence-corrected chi connectivity index (χ3v) is 8.25. The topological polar surface area (TPSA) is 45.6 Å². The van der Waals surface area contributed by atoms with E-state index in [1.165, 1.54) is 0 Å². The van der Waals surface area contributed by atoms with Gasteiger partial charge >= 0.3 is 0 Å². The number of rotatable bonds is 5. The lowest BCUT2D eigenvalue weighted by Crippen LogP contribution is -2.43. The molecular weight excluding hydrogens is 430 g/mol. The first kappa shape index (κ1) is 21.9. The van der Waals surface area contributed by atoms with Gasteiger partial charge in [-0.15, -0.1) is 0 Å². The lowest BCUT2D eigenvalue weighted by molar-refractivity contribution is 0.148. The molecule has 5 rings (SSSR count). The monoisotopic (exact) mass is 459 g/mol. The van der Waals surface area contributed by atoms with Gasteiger partial charge in [0, 0.05) is 43.7 Å². The average molecular weight is 460 g/mol. The molecule has 3 aromatic carbocycles. The number of nitrogens with zero attached hydrogens (tertiary/aromatic N) is 3. The number of aromatic nitrogens is 1. The summed E-state index contributed by atoms with van der Waals surface area (Å²) in [5.74, 6) is 0. The Morgan fingerprint density at radius 1 is 0.788 bits per heavy atom. The van der Waals surface area contributed by atoms with Gasteiger partial charge in [-0.05, 0) is 37.7 Å². The summed E-state index contributed by atoms with van der Waals surface area (Å²) in [5.41, 5.74) is 4.49. The first-order valence-corrected chi connectivity index (χ1v) is 12.8. The highest BCUT2D eigenvalue weighted by Crippen LogP contribution is 2.37. The van der Waals surface area contributed by atoms with Crippen LogP contribution in [0.2, 0.25) is 0 Å². The van der Waals surface area contributed by atoms with Crippen molar-refractivity contribution in [1.29, 1.82) is 0 Å². The summed E-state index contributed by atoms with van der Waals surface area (Å²) in [6, 6.07) is 24.9. The first-order chi connectivity index (χ1) is 15.9. The molecule has 1 aliphatic rings. The first-order valence-electron chi connectivity index (χ1n) is 11.4. The van der Waals surface area contributed by atoms with Crippen LogP contribution in [0.4, 0.5) is 0 Å². The van der Waals surface area contributed by atoms with Crippen molar-refractivity contribution in [3.8, 4) is 11.3 Å². The number of fused-ring (bicyclic) bond motifs is 1. The number of aryl methyl sites for hydroxylation is 1. The Hall–Kier alpha value is -2.93. The number of hydrogen-bond acceptors (Lipinski definition) is 4. The minimum atomic E-state index is -3.80. The Morgan fingerprint density at radius 3 is 2.12 bits per heavy atom. The van der Waals surface area contributed by atoms with Crippen molar-refractivity contribution in [2.75, 3.05) is 33.2 Å². The number of para-hydroxylation sites is 1. The quantitative estimate of drug-likeness (QED) is 0.438. The SMILES string of the molecule is Cc1ccc(S(=O)(=O)n2c(-c3ccccc3)c(CN3CCN(C)CC3)c3ccccc32)cc1. The predicted molar refractivity (Wildman–Crippen MR) is 134 cm³/mol. The summed E-state index contributed by atoms with van der Waals surface area (Å²) in [6.45, 7) is 6.64. The molecule has 1 saturated heterocycles. The summed E-state index contributed by atoms with van der Waals surface area (Å²) in [5, 5.41) is 0.992. The minimum Gasteiger partial charge on any atom is -0.304 e. The van der Waals surface area contributed by atoms with Crippen molar-refractivity contribution in [3.63, 3.8) is 0 Å². The Kier molecular flexibility index (Phi) is 5.83. The molecule has 5 nitrogen and oxygen atoms in total. The van der Waals surface area contributed by atoms with Crippen LogP contribution < -0.4 is 0 Å². The molecule has 0 unspecified atom stereocenters. The molecule has 33 heavy (non-hydrogen) atoms. The third-order valence-electron chi connectivity index (χ3n) is 6.52. The fourth-order valence-electron chi connectivity index (χ4n) is 4.62. The van der Waals surface area contributed by atoms with Gasteiger partial charge in [-0.25, -0.2) is 12.4 Å². The molecule has 0 amide bonds. The Labute approximate surface area is 195 Å². The van der Waals surface area contributed by atoms with E-state index < -0.39 is 10.0 Å². The van der Waals surface area contributed by atoms with Crippen LogP contribution in [-0.2, 0) is 16.6 Å². The summed E-state index contributed by atoms with van der Waals surface area (Å²) in [7, 11) is -1.65. The van der Waals surface area contributed by atoms with Crippen LogP contribution in [0.1, 0.15) is 11.1 Å². The molecule has 0 radical (unpaired) electrons. The molecule has 0 aliphatic carbocycles. The van der Waals surface area contributed by atoms with Crippen LogP contribution in [0.15, 0.2) is 83.8 Å². The van der Waals surface area contributed by atoms with E-state index in [9.17, 15) is 8.42 Å². The van der Waals surface area contributed by atoms with E-state index in [-0.39, 0.29) is 0 Å². The van der Waals surface area contributed by atoms with E-state index in [1.54, 1.807) is 16.1 Å². The van der Waals surface area contributed by atoms with Gasteiger partial charge in [0.25, 0.3) is 10.0 Å². The molecule has 0 N–H and O–H groups in total. The van der Waals surface area contributed by atoms with Gasteiger partial charge in [0.15, 0.2) is 0 Å². The predicted octanol–water partition coefficient (Wildman–Crippen LogP) is 4.60. The van der Waals surface area contributed by atoms with E-state index in [1.807, 2.05) is 73.7 Å². The zero-order chi connectivity index (χ0) is 23.0. The largest absolute Gasteiger partial charge is 0.304 e. The molecule has 6 heteroatoms. The number of benzene rings is 3. The van der Waals surface area contributed by atoms with Gasteiger partial charge in [-0.2, -0.15) is 0 Å². The molecule has 1 aliphatic heterocycles. The molecule has 0 spiro atoms. The lowest BCUT2D eigenvalue weighted by atomic mass is 10.0. The summed E-state index contributed by atoms with van der Waals surface area (Å²) in [4.78, 5) is 5.06. The molecular formula is C27H29N3O2S. The smallest absolute Gasteiger partial charge is 0.268 e. The van der Waals surface area contributed by atoms with Crippen LogP contribution in [-0.4, -0.2) is 55.4 Å². The highest BCUT2D eigenvalue weighted by molar-refractivity contribution is 7.90. The normalized spacial score (nSPS) is 15.8. The Balaban J connectivity index is 1.76. The molecule has 2 heterocycles. The fraction of sp³-hybridized carbons (Fsp3) is 0.259. The van der Waals surface area contributed by atoms with Crippen molar-refractivity contribution >= 4 is 20.9 Å². The molecule has 0 atom stereocenters. The highest BCUT2D eigenvalue weighted by Gasteiger charge is 2.29. The van der Waals surface area contributed by atoms with Gasteiger partial charge in [0.05, 0.1) is 16.1 Å². The molecule has 0 saturated carbocycles. The van der Waals surface area contributed by atoms with E-state index >= 15 is 0 Å².